The van der Waals surface area contributed by atoms with Crippen LogP contribution < -0.4 is 5.43 Å². The van der Waals surface area contributed by atoms with Crippen LogP contribution in [0.5, 0.6) is 0 Å². The summed E-state index contributed by atoms with van der Waals surface area (Å²) in [5.74, 6) is 0.522. The lowest BCUT2D eigenvalue weighted by Gasteiger charge is -2.15. The van der Waals surface area contributed by atoms with Crippen LogP contribution in [0.2, 0.25) is 0 Å². The molecule has 2 heterocycles. The number of hydrazone groups is 1. The summed E-state index contributed by atoms with van der Waals surface area (Å²) in [5, 5.41) is 15.4. The molecule has 0 atom stereocenters. The van der Waals surface area contributed by atoms with Crippen LogP contribution in [0.3, 0.4) is 0 Å². The van der Waals surface area contributed by atoms with E-state index in [4.69, 9.17) is 4.42 Å². The molecule has 1 aliphatic rings. The van der Waals surface area contributed by atoms with Gasteiger partial charge in [-0.25, -0.2) is 8.42 Å². The third-order valence-electron chi connectivity index (χ3n) is 4.09. The summed E-state index contributed by atoms with van der Waals surface area (Å²) < 4.78 is 31.7. The first-order chi connectivity index (χ1) is 12.4. The highest BCUT2D eigenvalue weighted by Gasteiger charge is 2.29. The van der Waals surface area contributed by atoms with Gasteiger partial charge in [-0.3, -0.25) is 15.5 Å². The second kappa shape index (κ2) is 7.26. The first kappa shape index (κ1) is 18.1. The van der Waals surface area contributed by atoms with Crippen molar-refractivity contribution >= 4 is 27.1 Å². The van der Waals surface area contributed by atoms with Crippen LogP contribution >= 0.6 is 0 Å². The normalized spacial score (nSPS) is 16.0. The van der Waals surface area contributed by atoms with E-state index in [9.17, 15) is 18.5 Å². The summed E-state index contributed by atoms with van der Waals surface area (Å²) in [4.78, 5) is 10.7. The average molecular weight is 378 g/mol. The number of sulfonamides is 1. The average Bonchev–Trinajstić information content (AvgIpc) is 3.32. The van der Waals surface area contributed by atoms with Crippen LogP contribution in [0.15, 0.2) is 51.0 Å². The Morgan fingerprint density at radius 3 is 2.65 bits per heavy atom. The van der Waals surface area contributed by atoms with Crippen LogP contribution in [0.1, 0.15) is 25.5 Å². The Bertz CT molecular complexity index is 932. The summed E-state index contributed by atoms with van der Waals surface area (Å²) in [6.45, 7) is 2.55. The molecule has 1 aliphatic heterocycles. The minimum atomic E-state index is -3.73. The van der Waals surface area contributed by atoms with Gasteiger partial charge in [-0.15, -0.1) is 0 Å². The second-order valence-corrected chi connectivity index (χ2v) is 7.77. The van der Waals surface area contributed by atoms with E-state index in [1.807, 2.05) is 0 Å². The Hall–Kier alpha value is -2.72. The summed E-state index contributed by atoms with van der Waals surface area (Å²) in [6, 6.07) is 7.17. The fourth-order valence-corrected chi connectivity index (χ4v) is 4.22. The van der Waals surface area contributed by atoms with Crippen LogP contribution in [0.4, 0.5) is 11.4 Å². The monoisotopic (exact) mass is 378 g/mol. The molecule has 26 heavy (non-hydrogen) atoms. The molecule has 1 saturated heterocycles. The molecule has 9 nitrogen and oxygen atoms in total. The first-order valence-electron chi connectivity index (χ1n) is 8.02. The zero-order chi connectivity index (χ0) is 18.7. The topological polar surface area (TPSA) is 118 Å². The molecular formula is C16H18N4O5S. The van der Waals surface area contributed by atoms with Gasteiger partial charge >= 0.3 is 0 Å². The molecule has 0 aliphatic carbocycles. The van der Waals surface area contributed by atoms with Gasteiger partial charge in [0.05, 0.1) is 16.1 Å². The zero-order valence-electron chi connectivity index (χ0n) is 14.1. The Kier molecular flexibility index (Phi) is 5.05. The molecule has 0 amide bonds. The smallest absolute Gasteiger partial charge is 0.295 e. The van der Waals surface area contributed by atoms with Crippen LogP contribution in [0, 0.1) is 10.1 Å². The lowest BCUT2D eigenvalue weighted by atomic mass is 10.3. The first-order valence-corrected chi connectivity index (χ1v) is 9.46. The highest BCUT2D eigenvalue weighted by molar-refractivity contribution is 7.89. The standard InChI is InChI=1S/C16H18N4O5S/c1-12(16-5-4-10-25-16)17-18-14-7-6-13(11-15(14)20(21)22)26(23,24)19-8-2-3-9-19/h4-7,10-11,18H,2-3,8-9H2,1H3. The molecular weight excluding hydrogens is 360 g/mol. The lowest BCUT2D eigenvalue weighted by Crippen LogP contribution is -2.27. The van der Waals surface area contributed by atoms with Gasteiger partial charge in [0.15, 0.2) is 0 Å². The molecule has 1 fully saturated rings. The van der Waals surface area contributed by atoms with E-state index in [0.717, 1.165) is 18.9 Å². The number of anilines is 1. The molecule has 138 valence electrons. The van der Waals surface area contributed by atoms with E-state index in [-0.39, 0.29) is 16.3 Å². The fraction of sp³-hybridized carbons (Fsp3) is 0.312. The summed E-state index contributed by atoms with van der Waals surface area (Å²) in [5.41, 5.74) is 2.85. The van der Waals surface area contributed by atoms with Crippen molar-refractivity contribution in [3.05, 3.63) is 52.5 Å². The number of rotatable bonds is 6. The van der Waals surface area contributed by atoms with Gasteiger partial charge < -0.3 is 4.42 Å². The van der Waals surface area contributed by atoms with Crippen LogP contribution in [-0.2, 0) is 10.0 Å². The van der Waals surface area contributed by atoms with E-state index in [1.54, 1.807) is 19.1 Å². The predicted molar refractivity (Wildman–Crippen MR) is 95.6 cm³/mol. The Morgan fingerprint density at radius 1 is 1.31 bits per heavy atom. The Labute approximate surface area is 150 Å². The maximum Gasteiger partial charge on any atom is 0.295 e. The SMILES string of the molecule is CC(=NNc1ccc(S(=O)(=O)N2CCCC2)cc1[N+](=O)[O-])c1ccco1. The van der Waals surface area contributed by atoms with Crippen molar-refractivity contribution in [2.75, 3.05) is 18.5 Å². The number of hydrogen-bond acceptors (Lipinski definition) is 7. The van der Waals surface area contributed by atoms with Gasteiger partial charge in [0.2, 0.25) is 10.0 Å². The molecule has 0 unspecified atom stereocenters. The van der Waals surface area contributed by atoms with Gasteiger partial charge in [0, 0.05) is 19.2 Å². The maximum absolute atomic E-state index is 12.6. The lowest BCUT2D eigenvalue weighted by molar-refractivity contribution is -0.384. The van der Waals surface area contributed by atoms with Gasteiger partial charge in [0.25, 0.3) is 5.69 Å². The number of hydrogen-bond donors (Lipinski definition) is 1. The van der Waals surface area contributed by atoms with Gasteiger partial charge in [-0.2, -0.15) is 9.41 Å². The number of nitro groups is 1. The molecule has 0 saturated carbocycles. The molecule has 1 aromatic heterocycles. The summed E-state index contributed by atoms with van der Waals surface area (Å²) >= 11 is 0. The number of nitrogens with zero attached hydrogens (tertiary/aromatic N) is 3. The van der Waals surface area contributed by atoms with Crippen LogP contribution in [-0.4, -0.2) is 36.4 Å². The van der Waals surface area contributed by atoms with E-state index < -0.39 is 14.9 Å². The van der Waals surface area contributed by atoms with E-state index in [1.165, 1.54) is 22.7 Å². The van der Waals surface area contributed by atoms with E-state index in [0.29, 0.717) is 24.6 Å². The quantitative estimate of drug-likeness (QED) is 0.469. The number of nitrogens with one attached hydrogen (secondary N) is 1. The molecule has 1 aromatic carbocycles. The highest BCUT2D eigenvalue weighted by Crippen LogP contribution is 2.30. The van der Waals surface area contributed by atoms with Gasteiger partial charge in [-0.1, -0.05) is 0 Å². The summed E-state index contributed by atoms with van der Waals surface area (Å²) in [7, 11) is -3.73. The highest BCUT2D eigenvalue weighted by atomic mass is 32.2. The van der Waals surface area contributed by atoms with E-state index >= 15 is 0 Å². The maximum atomic E-state index is 12.6. The molecule has 2 aromatic rings. The van der Waals surface area contributed by atoms with Crippen LogP contribution in [0.25, 0.3) is 0 Å². The zero-order valence-corrected chi connectivity index (χ0v) is 14.9. The van der Waals surface area contributed by atoms with Crippen molar-refractivity contribution in [3.63, 3.8) is 0 Å². The van der Waals surface area contributed by atoms with Crippen molar-refractivity contribution in [3.8, 4) is 0 Å². The third kappa shape index (κ3) is 3.60. The Balaban J connectivity index is 1.90. The predicted octanol–water partition coefficient (Wildman–Crippen LogP) is 2.81. The molecule has 0 bridgehead atoms. The minimum Gasteiger partial charge on any atom is -0.463 e. The molecule has 1 N–H and O–H groups in total. The molecule has 3 rings (SSSR count). The van der Waals surface area contributed by atoms with Crippen molar-refractivity contribution in [2.24, 2.45) is 5.10 Å². The third-order valence-corrected chi connectivity index (χ3v) is 5.99. The Morgan fingerprint density at radius 2 is 2.04 bits per heavy atom. The number of furan rings is 1. The van der Waals surface area contributed by atoms with Gasteiger partial charge in [0.1, 0.15) is 17.2 Å². The van der Waals surface area contributed by atoms with Gasteiger partial charge in [-0.05, 0) is 44.0 Å². The van der Waals surface area contributed by atoms with Crippen molar-refractivity contribution in [2.45, 2.75) is 24.7 Å². The second-order valence-electron chi connectivity index (χ2n) is 5.83. The number of nitro benzene ring substituents is 1. The fourth-order valence-electron chi connectivity index (χ4n) is 2.68. The van der Waals surface area contributed by atoms with E-state index in [2.05, 4.69) is 10.5 Å². The molecule has 0 spiro atoms. The number of benzene rings is 1. The minimum absolute atomic E-state index is 0.0941. The van der Waals surface area contributed by atoms with Crippen molar-refractivity contribution < 1.29 is 17.8 Å². The molecule has 10 heteroatoms. The van der Waals surface area contributed by atoms with Crippen molar-refractivity contribution in [1.82, 2.24) is 4.31 Å². The largest absolute Gasteiger partial charge is 0.463 e. The molecule has 0 radical (unpaired) electrons. The summed E-state index contributed by atoms with van der Waals surface area (Å²) in [6.07, 6.45) is 3.08. The van der Waals surface area contributed by atoms with Crippen molar-refractivity contribution in [1.29, 1.82) is 0 Å².